The van der Waals surface area contributed by atoms with Gasteiger partial charge in [0.05, 0.1) is 10.2 Å². The molecule has 10 heavy (non-hydrogen) atoms. The Morgan fingerprint density at radius 3 is 0.800 bits per heavy atom. The molecule has 0 spiro atoms. The van der Waals surface area contributed by atoms with Crippen molar-refractivity contribution >= 4 is 17.0 Å². The molecular weight excluding hydrogens is 267 g/mol. The minimum atomic E-state index is -1.75. The Hall–Kier alpha value is -0.601. The number of hydrogen-bond donors (Lipinski definition) is 0. The third-order valence-corrected chi connectivity index (χ3v) is 0. The van der Waals surface area contributed by atoms with Crippen molar-refractivity contribution in [2.45, 2.75) is 0 Å². The van der Waals surface area contributed by atoms with Gasteiger partial charge in [-0.2, -0.15) is 0 Å². The molecule has 8 nitrogen and oxygen atoms in total. The van der Waals surface area contributed by atoms with E-state index < -0.39 is 10.2 Å². The van der Waals surface area contributed by atoms with Crippen LogP contribution in [0.25, 0.3) is 0 Å². The zero-order valence-corrected chi connectivity index (χ0v) is 6.71. The van der Waals surface area contributed by atoms with Crippen LogP contribution in [0.15, 0.2) is 0 Å². The van der Waals surface area contributed by atoms with E-state index in [9.17, 15) is 0 Å². The van der Waals surface area contributed by atoms with E-state index >= 15 is 0 Å². The molecule has 0 aliphatic carbocycles. The second-order valence-electron chi connectivity index (χ2n) is 0.447. The molecule has 0 rings (SSSR count). The molecule has 0 atom stereocenters. The summed E-state index contributed by atoms with van der Waals surface area (Å²) in [5, 5.41) is 29.5. The normalized spacial score (nSPS) is 4.80. The van der Waals surface area contributed by atoms with Gasteiger partial charge in [-0.1, -0.05) is 0 Å². The Bertz CT molecular complexity index is 73.7. The Morgan fingerprint density at radius 2 is 0.800 bits per heavy atom. The molecular formula is HBrCuN2O6-2. The summed E-state index contributed by atoms with van der Waals surface area (Å²) in [6.07, 6.45) is 0. The summed E-state index contributed by atoms with van der Waals surface area (Å²) in [6, 6.07) is 0. The van der Waals surface area contributed by atoms with Crippen molar-refractivity contribution < 1.29 is 27.2 Å². The van der Waals surface area contributed by atoms with Gasteiger partial charge in [0.1, 0.15) is 0 Å². The van der Waals surface area contributed by atoms with Gasteiger partial charge in [0.15, 0.2) is 0 Å². The minimum Gasteiger partial charge on any atom is -0.356 e. The summed E-state index contributed by atoms with van der Waals surface area (Å²) < 4.78 is 0. The molecule has 10 heteroatoms. The molecule has 0 aromatic heterocycles. The summed E-state index contributed by atoms with van der Waals surface area (Å²) >= 11 is 0. The largest absolute Gasteiger partial charge is 0.356 e. The van der Waals surface area contributed by atoms with Crippen molar-refractivity contribution in [1.29, 1.82) is 0 Å². The average molecular weight is 268 g/mol. The van der Waals surface area contributed by atoms with Gasteiger partial charge in [-0.15, -0.1) is 17.0 Å². The summed E-state index contributed by atoms with van der Waals surface area (Å²) in [7, 11) is 0. The molecule has 0 aliphatic rings. The van der Waals surface area contributed by atoms with Crippen molar-refractivity contribution in [3.63, 3.8) is 0 Å². The quantitative estimate of drug-likeness (QED) is 0.347. The van der Waals surface area contributed by atoms with Crippen molar-refractivity contribution in [3.8, 4) is 0 Å². The number of halogens is 1. The van der Waals surface area contributed by atoms with Gasteiger partial charge in [-0.3, -0.25) is 0 Å². The van der Waals surface area contributed by atoms with Crippen LogP contribution in [0.3, 0.4) is 0 Å². The molecule has 0 N–H and O–H groups in total. The molecule has 0 aromatic rings. The Morgan fingerprint density at radius 1 is 0.800 bits per heavy atom. The number of hydrogen-bond acceptors (Lipinski definition) is 6. The van der Waals surface area contributed by atoms with Gasteiger partial charge < -0.3 is 30.6 Å². The topological polar surface area (TPSA) is 132 Å². The minimum absolute atomic E-state index is 0. The van der Waals surface area contributed by atoms with E-state index in [2.05, 4.69) is 0 Å². The van der Waals surface area contributed by atoms with Gasteiger partial charge in [-0.05, 0) is 0 Å². The maximum absolute atomic E-state index is 8.25. The summed E-state index contributed by atoms with van der Waals surface area (Å²) in [5.74, 6) is 0. The van der Waals surface area contributed by atoms with Crippen LogP contribution in [0.2, 0.25) is 0 Å². The second-order valence-corrected chi connectivity index (χ2v) is 0.447. The fourth-order valence-electron chi connectivity index (χ4n) is 0. The Balaban J connectivity index is -0.0000000300. The molecule has 0 amide bonds. The van der Waals surface area contributed by atoms with E-state index in [0.717, 1.165) is 0 Å². The maximum Gasteiger partial charge on any atom is 0.0689 e. The zero-order valence-electron chi connectivity index (χ0n) is 4.05. The molecule has 0 saturated carbocycles. The first-order valence-electron chi connectivity index (χ1n) is 1.10. The predicted molar refractivity (Wildman–Crippen MR) is 31.0 cm³/mol. The van der Waals surface area contributed by atoms with Crippen LogP contribution >= 0.6 is 17.0 Å². The fourth-order valence-corrected chi connectivity index (χ4v) is 0. The molecule has 67 valence electrons. The van der Waals surface area contributed by atoms with Crippen molar-refractivity contribution in [2.75, 3.05) is 0 Å². The molecule has 0 aromatic carbocycles. The molecule has 0 fully saturated rings. The van der Waals surface area contributed by atoms with Crippen molar-refractivity contribution in [3.05, 3.63) is 30.6 Å². The van der Waals surface area contributed by atoms with Crippen LogP contribution in [0.4, 0.5) is 0 Å². The van der Waals surface area contributed by atoms with Crippen molar-refractivity contribution in [2.24, 2.45) is 0 Å². The molecule has 0 bridgehead atoms. The van der Waals surface area contributed by atoms with E-state index in [1.807, 2.05) is 0 Å². The van der Waals surface area contributed by atoms with Crippen LogP contribution in [0.5, 0.6) is 0 Å². The third-order valence-electron chi connectivity index (χ3n) is 0. The van der Waals surface area contributed by atoms with Crippen molar-refractivity contribution in [1.82, 2.24) is 0 Å². The van der Waals surface area contributed by atoms with Crippen LogP contribution < -0.4 is 0 Å². The molecule has 0 saturated heterocycles. The zero-order chi connectivity index (χ0) is 7.15. The van der Waals surface area contributed by atoms with Gasteiger partial charge in [-0.25, -0.2) is 0 Å². The fraction of sp³-hybridized carbons (Fsp3) is 0. The summed E-state index contributed by atoms with van der Waals surface area (Å²) in [6.45, 7) is 0. The Labute approximate surface area is 75.3 Å². The van der Waals surface area contributed by atoms with Crippen LogP contribution in [-0.4, -0.2) is 10.2 Å². The summed E-state index contributed by atoms with van der Waals surface area (Å²) in [4.78, 5) is 16.5. The van der Waals surface area contributed by atoms with E-state index in [4.69, 9.17) is 30.6 Å². The number of nitrogens with zero attached hydrogens (tertiary/aromatic N) is 2. The standard InChI is InChI=1S/BrH.Cu.2NO3/c;;2*2-1(3)4/h1H;;;/q;;2*-1. The smallest absolute Gasteiger partial charge is 0.0689 e. The van der Waals surface area contributed by atoms with E-state index in [1.165, 1.54) is 0 Å². The summed E-state index contributed by atoms with van der Waals surface area (Å²) in [5.41, 5.74) is 0. The molecule has 1 radical (unpaired) electrons. The number of rotatable bonds is 0. The van der Waals surface area contributed by atoms with E-state index in [-0.39, 0.29) is 34.1 Å². The predicted octanol–water partition coefficient (Wildman–Crippen LogP) is 0.0972. The van der Waals surface area contributed by atoms with Gasteiger partial charge in [0.2, 0.25) is 0 Å². The van der Waals surface area contributed by atoms with Gasteiger partial charge in [0, 0.05) is 17.1 Å². The molecule has 0 aliphatic heterocycles. The first kappa shape index (κ1) is 22.7. The maximum atomic E-state index is 8.25. The van der Waals surface area contributed by atoms with Gasteiger partial charge in [0.25, 0.3) is 0 Å². The second kappa shape index (κ2) is 15.8. The van der Waals surface area contributed by atoms with Crippen LogP contribution in [-0.2, 0) is 17.1 Å². The molecule has 0 heterocycles. The van der Waals surface area contributed by atoms with Gasteiger partial charge >= 0.3 is 0 Å². The molecule has 0 unspecified atom stereocenters. The Kier molecular flexibility index (Phi) is 35.9. The van der Waals surface area contributed by atoms with E-state index in [0.29, 0.717) is 0 Å². The first-order valence-corrected chi connectivity index (χ1v) is 1.10. The van der Waals surface area contributed by atoms with Crippen LogP contribution in [0.1, 0.15) is 0 Å². The first-order chi connectivity index (χ1) is 3.46. The van der Waals surface area contributed by atoms with Crippen LogP contribution in [0, 0.1) is 30.6 Å². The average Bonchev–Trinajstić information content (AvgIpc) is 1.25. The monoisotopic (exact) mass is 267 g/mol. The third kappa shape index (κ3) is 840. The van der Waals surface area contributed by atoms with E-state index in [1.54, 1.807) is 0 Å². The SMILES string of the molecule is Br.O=[N+]([O-])[O-].O=[N+]([O-])[O-].[Cu].